The lowest BCUT2D eigenvalue weighted by atomic mass is 9.79. The molecule has 0 bridgehead atoms. The molecule has 1 saturated carbocycles. The summed E-state index contributed by atoms with van der Waals surface area (Å²) >= 11 is 5.74. The molecule has 0 unspecified atom stereocenters. The highest BCUT2D eigenvalue weighted by Gasteiger charge is 2.41. The van der Waals surface area contributed by atoms with Crippen molar-refractivity contribution in [3.63, 3.8) is 0 Å². The van der Waals surface area contributed by atoms with Gasteiger partial charge in [0.2, 0.25) is 0 Å². The van der Waals surface area contributed by atoms with Crippen LogP contribution in [0.2, 0.25) is 5.02 Å². The summed E-state index contributed by atoms with van der Waals surface area (Å²) in [4.78, 5) is 12.6. The largest absolute Gasteiger partial charge is 0.522 e. The predicted octanol–water partition coefficient (Wildman–Crippen LogP) is 4.36. The molecule has 2 atom stereocenters. The van der Waals surface area contributed by atoms with E-state index >= 15 is 0 Å². The maximum absolute atomic E-state index is 13.7. The summed E-state index contributed by atoms with van der Waals surface area (Å²) in [5.41, 5.74) is 1.52. The van der Waals surface area contributed by atoms with Crippen molar-refractivity contribution >= 4 is 17.5 Å². The molecule has 34 heavy (non-hydrogen) atoms. The Morgan fingerprint density at radius 2 is 2.09 bits per heavy atom. The van der Waals surface area contributed by atoms with E-state index in [1.54, 1.807) is 17.1 Å². The zero-order valence-corrected chi connectivity index (χ0v) is 18.6. The fourth-order valence-corrected chi connectivity index (χ4v) is 4.17. The number of aryl methyl sites for hydroxylation is 1. The zero-order chi connectivity index (χ0) is 24.6. The lowest BCUT2D eigenvalue weighted by Crippen LogP contribution is -2.41. The fourth-order valence-electron chi connectivity index (χ4n) is 4.00. The molecule has 1 aromatic carbocycles. The molecule has 1 aromatic heterocycles. The number of hydrogen-bond acceptors (Lipinski definition) is 5. The summed E-state index contributed by atoms with van der Waals surface area (Å²) in [6.45, 7) is 4.20. The normalized spacial score (nSPS) is 24.1. The first kappa shape index (κ1) is 24.5. The van der Waals surface area contributed by atoms with Crippen LogP contribution in [-0.4, -0.2) is 39.4 Å². The Morgan fingerprint density at radius 1 is 1.35 bits per heavy atom. The molecule has 7 nitrogen and oxygen atoms in total. The molecule has 2 aliphatic rings. The van der Waals surface area contributed by atoms with Gasteiger partial charge in [-0.05, 0) is 30.4 Å². The van der Waals surface area contributed by atoms with Crippen LogP contribution in [0.1, 0.15) is 48.8 Å². The molecule has 1 aliphatic heterocycles. The van der Waals surface area contributed by atoms with Crippen molar-refractivity contribution < 1.29 is 36.9 Å². The van der Waals surface area contributed by atoms with E-state index in [0.29, 0.717) is 24.2 Å². The van der Waals surface area contributed by atoms with E-state index in [2.05, 4.69) is 21.7 Å². The smallest absolute Gasteiger partial charge is 0.480 e. The Hall–Kier alpha value is -2.63. The van der Waals surface area contributed by atoms with Crippen molar-refractivity contribution in [3.05, 3.63) is 58.8 Å². The molecule has 2 heterocycles. The topological polar surface area (TPSA) is 85.6 Å². The third kappa shape index (κ3) is 5.70. The van der Waals surface area contributed by atoms with Crippen molar-refractivity contribution in [2.75, 3.05) is 0 Å². The van der Waals surface area contributed by atoms with Gasteiger partial charge in [0.25, 0.3) is 5.91 Å². The maximum atomic E-state index is 13.7. The van der Waals surface area contributed by atoms with Crippen LogP contribution in [0.15, 0.2) is 36.8 Å². The van der Waals surface area contributed by atoms with Gasteiger partial charge in [0.05, 0.1) is 23.4 Å². The summed E-state index contributed by atoms with van der Waals surface area (Å²) in [7, 11) is 0. The number of hydrogen-bond donors (Lipinski definition) is 2. The van der Waals surface area contributed by atoms with Gasteiger partial charge in [-0.15, -0.1) is 13.2 Å². The monoisotopic (exact) mass is 503 g/mol. The molecule has 2 aromatic rings. The Morgan fingerprint density at radius 3 is 2.79 bits per heavy atom. The molecule has 1 fully saturated rings. The number of alkyl halides is 3. The highest BCUT2D eigenvalue weighted by atomic mass is 35.5. The van der Waals surface area contributed by atoms with E-state index in [1.807, 2.05) is 0 Å². The van der Waals surface area contributed by atoms with E-state index in [0.717, 1.165) is 11.6 Å². The average molecular weight is 504 g/mol. The van der Waals surface area contributed by atoms with E-state index in [1.165, 1.54) is 6.07 Å². The molecule has 0 saturated heterocycles. The van der Waals surface area contributed by atoms with E-state index in [-0.39, 0.29) is 36.0 Å². The number of halogens is 5. The molecule has 1 amide bonds. The molecule has 1 aliphatic carbocycles. The number of nitrogens with one attached hydrogen (secondary N) is 1. The minimum atomic E-state index is -4.63. The van der Waals surface area contributed by atoms with Crippen LogP contribution in [0.3, 0.4) is 0 Å². The van der Waals surface area contributed by atoms with Gasteiger partial charge in [0.15, 0.2) is 6.10 Å². The lowest BCUT2D eigenvalue weighted by Gasteiger charge is -2.34. The third-order valence-corrected chi connectivity index (χ3v) is 6.16. The number of allylic oxidation sites excluding steroid dienone is 1. The van der Waals surface area contributed by atoms with E-state index in [4.69, 9.17) is 16.3 Å². The van der Waals surface area contributed by atoms with Gasteiger partial charge in [0, 0.05) is 42.9 Å². The molecule has 184 valence electrons. The molecule has 0 radical (unpaired) electrons. The van der Waals surface area contributed by atoms with Crippen molar-refractivity contribution in [2.24, 2.45) is 0 Å². The van der Waals surface area contributed by atoms with Crippen molar-refractivity contribution in [2.45, 2.75) is 62.8 Å². The Balaban J connectivity index is 1.24. The average Bonchev–Trinajstić information content (AvgIpc) is 3.18. The Bertz CT molecular complexity index is 1080. The summed E-state index contributed by atoms with van der Waals surface area (Å²) in [5, 5.41) is 17.0. The van der Waals surface area contributed by atoms with Gasteiger partial charge < -0.3 is 15.2 Å². The number of benzene rings is 1. The van der Waals surface area contributed by atoms with Crippen molar-refractivity contribution in [1.29, 1.82) is 0 Å². The van der Waals surface area contributed by atoms with Crippen LogP contribution in [-0.2, 0) is 16.1 Å². The van der Waals surface area contributed by atoms with Crippen LogP contribution in [0, 0.1) is 5.82 Å². The number of nitrogens with zero attached hydrogens (tertiary/aromatic N) is 2. The number of fused-ring (bicyclic) bond motifs is 1. The van der Waals surface area contributed by atoms with Gasteiger partial charge >= 0.3 is 6.36 Å². The number of aromatic nitrogens is 2. The van der Waals surface area contributed by atoms with Crippen molar-refractivity contribution in [1.82, 2.24) is 15.1 Å². The van der Waals surface area contributed by atoms with Crippen LogP contribution in [0.4, 0.5) is 17.6 Å². The summed E-state index contributed by atoms with van der Waals surface area (Å²) in [6.07, 6.45) is -3.31. The van der Waals surface area contributed by atoms with Gasteiger partial charge in [-0.2, -0.15) is 5.10 Å². The number of rotatable bonds is 7. The molecule has 2 N–H and O–H groups in total. The third-order valence-electron chi connectivity index (χ3n) is 5.87. The first-order valence-electron chi connectivity index (χ1n) is 10.6. The molecular formula is C22H22ClF4N3O4. The SMILES string of the molecule is C=C(CCn1cc(C2CC(OC(F)(F)F)C2)cn1)NC(=O)[C@@H]1C[C@@H](O)c2cc(Cl)c(F)cc2O1. The molecule has 0 spiro atoms. The molecule has 12 heteroatoms. The van der Waals surface area contributed by atoms with E-state index in [9.17, 15) is 27.5 Å². The lowest BCUT2D eigenvalue weighted by molar-refractivity contribution is -0.351. The van der Waals surface area contributed by atoms with Gasteiger partial charge in [-0.1, -0.05) is 18.2 Å². The Kier molecular flexibility index (Phi) is 6.88. The zero-order valence-electron chi connectivity index (χ0n) is 17.8. The van der Waals surface area contributed by atoms with Crippen LogP contribution < -0.4 is 10.1 Å². The second kappa shape index (κ2) is 9.55. The second-order valence-electron chi connectivity index (χ2n) is 8.40. The van der Waals surface area contributed by atoms with E-state index < -0.39 is 36.4 Å². The van der Waals surface area contributed by atoms with Gasteiger partial charge in [0.1, 0.15) is 11.6 Å². The summed E-state index contributed by atoms with van der Waals surface area (Å²) < 4.78 is 61.6. The standard InChI is InChI=1S/C22H22ClF4N3O4/c1-11(2-3-30-10-13(9-28-30)12-4-14(5-12)34-22(25,26)27)29-21(32)20-8-18(31)15-6-16(23)17(24)7-19(15)33-20/h6-7,9-10,12,14,18,20,31H,1-5,8H2,(H,29,32)/t12?,14?,18-,20+/m1/s1. The van der Waals surface area contributed by atoms with Crippen LogP contribution in [0.5, 0.6) is 5.75 Å². The minimum Gasteiger partial charge on any atom is -0.480 e. The number of ether oxygens (including phenoxy) is 2. The maximum Gasteiger partial charge on any atom is 0.522 e. The fraction of sp³-hybridized carbons (Fsp3) is 0.455. The van der Waals surface area contributed by atoms with Crippen LogP contribution in [0.25, 0.3) is 0 Å². The highest BCUT2D eigenvalue weighted by Crippen LogP contribution is 2.41. The molecular weight excluding hydrogens is 482 g/mol. The minimum absolute atomic E-state index is 0.0307. The summed E-state index contributed by atoms with van der Waals surface area (Å²) in [6, 6.07) is 2.30. The summed E-state index contributed by atoms with van der Waals surface area (Å²) in [5.74, 6) is -1.24. The molecule has 4 rings (SSSR count). The Labute approximate surface area is 197 Å². The first-order chi connectivity index (χ1) is 16.0. The number of carbonyl (C=O) groups excluding carboxylic acids is 1. The predicted molar refractivity (Wildman–Crippen MR) is 112 cm³/mol. The number of aliphatic hydroxyl groups is 1. The van der Waals surface area contributed by atoms with Gasteiger partial charge in [-0.25, -0.2) is 4.39 Å². The first-order valence-corrected chi connectivity index (χ1v) is 11.0. The number of aliphatic hydroxyl groups excluding tert-OH is 1. The quantitative estimate of drug-likeness (QED) is 0.548. The van der Waals surface area contributed by atoms with Crippen LogP contribution >= 0.6 is 11.6 Å². The second-order valence-corrected chi connectivity index (χ2v) is 8.80. The number of amides is 1. The van der Waals surface area contributed by atoms with Crippen molar-refractivity contribution in [3.8, 4) is 5.75 Å². The van der Waals surface area contributed by atoms with Gasteiger partial charge in [-0.3, -0.25) is 14.2 Å². The number of carbonyl (C=O) groups is 1. The highest BCUT2D eigenvalue weighted by molar-refractivity contribution is 6.30.